The van der Waals surface area contributed by atoms with Gasteiger partial charge < -0.3 is 0 Å². The number of hydrogen-bond acceptors (Lipinski definition) is 1. The summed E-state index contributed by atoms with van der Waals surface area (Å²) in [6, 6.07) is 0. The van der Waals surface area contributed by atoms with Crippen molar-refractivity contribution in [3.05, 3.63) is 0 Å². The molecule has 6 heavy (non-hydrogen) atoms. The Balaban J connectivity index is 0. The van der Waals surface area contributed by atoms with E-state index in [1.54, 1.807) is 0 Å². The number of carbonyl (C=O) groups excluding carboxylic acids is 1. The number of Topliss-reactive ketones (excluding diaryl/α,β-unsaturated/α-hetero) is 1. The molecule has 0 atom stereocenters. The van der Waals surface area contributed by atoms with Gasteiger partial charge in [0.15, 0.2) is 0 Å². The molecule has 0 radical (unpaired) electrons. The van der Waals surface area contributed by atoms with Gasteiger partial charge in [0.2, 0.25) is 0 Å². The first-order valence-corrected chi connectivity index (χ1v) is 1.86. The SMILES string of the molecule is CC(=O)CCl.Cl. The number of halogens is 2. The number of alkyl halides is 1. The zero-order chi connectivity index (χ0) is 4.28. The molecule has 0 saturated carbocycles. The molecule has 0 amide bonds. The Labute approximate surface area is 48.1 Å². The molecular weight excluding hydrogens is 123 g/mol. The normalized spacial score (nSPS) is 6.33. The molecule has 0 aliphatic heterocycles. The molecule has 38 valence electrons. The zero-order valence-electron chi connectivity index (χ0n) is 3.40. The van der Waals surface area contributed by atoms with E-state index in [0.717, 1.165) is 0 Å². The fourth-order valence-electron chi connectivity index (χ4n) is 0. The topological polar surface area (TPSA) is 17.1 Å². The number of ketones is 1. The summed E-state index contributed by atoms with van der Waals surface area (Å²) >= 11 is 4.99. The Hall–Kier alpha value is 0.250. The van der Waals surface area contributed by atoms with Crippen LogP contribution in [0.5, 0.6) is 0 Å². The lowest BCUT2D eigenvalue weighted by molar-refractivity contribution is -0.114. The van der Waals surface area contributed by atoms with Crippen molar-refractivity contribution in [3.8, 4) is 0 Å². The number of carbonyl (C=O) groups is 1. The Morgan fingerprint density at radius 2 is 2.00 bits per heavy atom. The van der Waals surface area contributed by atoms with Gasteiger partial charge in [-0.05, 0) is 6.92 Å². The highest BCUT2D eigenvalue weighted by Gasteiger charge is 1.79. The average molecular weight is 129 g/mol. The van der Waals surface area contributed by atoms with Gasteiger partial charge in [0.05, 0.1) is 5.88 Å². The van der Waals surface area contributed by atoms with Crippen molar-refractivity contribution in [2.45, 2.75) is 6.92 Å². The molecule has 1 nitrogen and oxygen atoms in total. The average Bonchev–Trinajstić information content (AvgIpc) is 1.38. The lowest BCUT2D eigenvalue weighted by Crippen LogP contribution is -1.86. The largest absolute Gasteiger partial charge is 0.299 e. The second-order valence-electron chi connectivity index (χ2n) is 0.836. The maximum Gasteiger partial charge on any atom is 0.144 e. The first-order valence-electron chi connectivity index (χ1n) is 1.32. The summed E-state index contributed by atoms with van der Waals surface area (Å²) in [6.45, 7) is 1.45. The van der Waals surface area contributed by atoms with E-state index >= 15 is 0 Å². The molecule has 0 aliphatic rings. The lowest BCUT2D eigenvalue weighted by atomic mass is 10.5. The van der Waals surface area contributed by atoms with E-state index < -0.39 is 0 Å². The molecule has 0 aromatic carbocycles. The van der Waals surface area contributed by atoms with Crippen LogP contribution in [0.3, 0.4) is 0 Å². The van der Waals surface area contributed by atoms with Gasteiger partial charge in [0, 0.05) is 0 Å². The first kappa shape index (κ1) is 9.54. The van der Waals surface area contributed by atoms with Gasteiger partial charge in [0.25, 0.3) is 0 Å². The predicted molar refractivity (Wildman–Crippen MR) is 28.6 cm³/mol. The first-order chi connectivity index (χ1) is 2.27. The van der Waals surface area contributed by atoms with Gasteiger partial charge in [-0.25, -0.2) is 0 Å². The van der Waals surface area contributed by atoms with Crippen LogP contribution >= 0.6 is 24.0 Å². The maximum absolute atomic E-state index is 9.68. The molecule has 3 heteroatoms. The maximum atomic E-state index is 9.68. The Bertz CT molecular complexity index is 44.1. The van der Waals surface area contributed by atoms with Gasteiger partial charge in [0.1, 0.15) is 5.78 Å². The molecule has 0 heterocycles. The summed E-state index contributed by atoms with van der Waals surface area (Å²) in [5.74, 6) is 0.159. The van der Waals surface area contributed by atoms with E-state index in [1.807, 2.05) is 0 Å². The lowest BCUT2D eigenvalue weighted by Gasteiger charge is -1.69. The van der Waals surface area contributed by atoms with Crippen LogP contribution in [0, 0.1) is 0 Å². The van der Waals surface area contributed by atoms with Crippen molar-refractivity contribution in [1.29, 1.82) is 0 Å². The van der Waals surface area contributed by atoms with Gasteiger partial charge in [-0.3, -0.25) is 4.79 Å². The summed E-state index contributed by atoms with van der Waals surface area (Å²) in [6.07, 6.45) is 0. The van der Waals surface area contributed by atoms with E-state index in [1.165, 1.54) is 6.92 Å². The summed E-state index contributed by atoms with van der Waals surface area (Å²) < 4.78 is 0. The van der Waals surface area contributed by atoms with E-state index in [0.29, 0.717) is 0 Å². The molecule has 0 bridgehead atoms. The minimum absolute atomic E-state index is 0. The number of hydrogen-bond donors (Lipinski definition) is 0. The minimum atomic E-state index is 0. The minimum Gasteiger partial charge on any atom is -0.299 e. The van der Waals surface area contributed by atoms with Crippen LogP contribution in [0.4, 0.5) is 0 Å². The molecule has 0 spiro atoms. The molecular formula is C3H6Cl2O. The summed E-state index contributed by atoms with van der Waals surface area (Å²) in [5, 5.41) is 0. The highest BCUT2D eigenvalue weighted by Crippen LogP contribution is 1.71. The summed E-state index contributed by atoms with van der Waals surface area (Å²) in [4.78, 5) is 9.68. The van der Waals surface area contributed by atoms with Gasteiger partial charge in [-0.15, -0.1) is 24.0 Å². The standard InChI is InChI=1S/C3H5ClO.ClH/c1-3(5)2-4;/h2H2,1H3;1H. The molecule has 0 unspecified atom stereocenters. The monoisotopic (exact) mass is 128 g/mol. The van der Waals surface area contributed by atoms with Gasteiger partial charge in [-0.2, -0.15) is 0 Å². The van der Waals surface area contributed by atoms with Crippen LogP contribution in [0.1, 0.15) is 6.92 Å². The van der Waals surface area contributed by atoms with E-state index in [4.69, 9.17) is 11.6 Å². The molecule has 0 aromatic rings. The van der Waals surface area contributed by atoms with Crippen LogP contribution in [0.25, 0.3) is 0 Å². The fraction of sp³-hybridized carbons (Fsp3) is 0.667. The van der Waals surface area contributed by atoms with E-state index in [-0.39, 0.29) is 24.1 Å². The third-order valence-corrected chi connectivity index (χ3v) is 0.565. The van der Waals surface area contributed by atoms with Gasteiger partial charge in [-0.1, -0.05) is 0 Å². The Morgan fingerprint density at radius 3 is 2.00 bits per heavy atom. The highest BCUT2D eigenvalue weighted by molar-refractivity contribution is 6.27. The second kappa shape index (κ2) is 5.25. The van der Waals surface area contributed by atoms with Crippen LogP contribution in [0.15, 0.2) is 0 Å². The van der Waals surface area contributed by atoms with E-state index in [2.05, 4.69) is 0 Å². The van der Waals surface area contributed by atoms with Crippen LogP contribution in [-0.4, -0.2) is 11.7 Å². The molecule has 0 aromatic heterocycles. The van der Waals surface area contributed by atoms with Crippen LogP contribution < -0.4 is 0 Å². The van der Waals surface area contributed by atoms with E-state index in [9.17, 15) is 4.79 Å². The third kappa shape index (κ3) is 8.87. The molecule has 0 aliphatic carbocycles. The quantitative estimate of drug-likeness (QED) is 0.486. The van der Waals surface area contributed by atoms with Crippen LogP contribution in [0.2, 0.25) is 0 Å². The fourth-order valence-corrected chi connectivity index (χ4v) is 0. The van der Waals surface area contributed by atoms with Crippen molar-refractivity contribution < 1.29 is 4.79 Å². The van der Waals surface area contributed by atoms with Crippen molar-refractivity contribution in [2.75, 3.05) is 5.88 Å². The van der Waals surface area contributed by atoms with Gasteiger partial charge >= 0.3 is 0 Å². The van der Waals surface area contributed by atoms with Crippen molar-refractivity contribution >= 4 is 29.8 Å². The third-order valence-electron chi connectivity index (χ3n) is 0.188. The summed E-state index contributed by atoms with van der Waals surface area (Å²) in [5.41, 5.74) is 0. The Kier molecular flexibility index (Phi) is 8.35. The molecule has 0 rings (SSSR count). The Morgan fingerprint density at radius 1 is 1.83 bits per heavy atom. The predicted octanol–water partition coefficient (Wildman–Crippen LogP) is 1.24. The molecule has 0 N–H and O–H groups in total. The molecule has 0 fully saturated rings. The van der Waals surface area contributed by atoms with Crippen LogP contribution in [-0.2, 0) is 4.79 Å². The smallest absolute Gasteiger partial charge is 0.144 e. The van der Waals surface area contributed by atoms with Crippen molar-refractivity contribution in [2.24, 2.45) is 0 Å². The zero-order valence-corrected chi connectivity index (χ0v) is 4.97. The molecule has 0 saturated heterocycles. The summed E-state index contributed by atoms with van der Waals surface area (Å²) in [7, 11) is 0. The highest BCUT2D eigenvalue weighted by atomic mass is 35.5. The van der Waals surface area contributed by atoms with Crippen molar-refractivity contribution in [1.82, 2.24) is 0 Å². The second-order valence-corrected chi connectivity index (χ2v) is 1.10. The van der Waals surface area contributed by atoms with Crippen molar-refractivity contribution in [3.63, 3.8) is 0 Å². The number of rotatable bonds is 1.